The Morgan fingerprint density at radius 2 is 2.17 bits per heavy atom. The Kier molecular flexibility index (Phi) is 6.08. The van der Waals surface area contributed by atoms with Crippen LogP contribution in [0.4, 0.5) is 4.39 Å². The summed E-state index contributed by atoms with van der Waals surface area (Å²) in [5, 5.41) is 11.4. The fourth-order valence-electron chi connectivity index (χ4n) is 3.59. The highest BCUT2D eigenvalue weighted by Gasteiger charge is 2.20. The summed E-state index contributed by atoms with van der Waals surface area (Å²) in [6.45, 7) is 3.19. The number of hydrogen-bond donors (Lipinski definition) is 1. The number of carbonyl (C=O) groups is 1. The number of rotatable bonds is 7. The Hall–Kier alpha value is -3.20. The molecule has 9 heteroatoms. The number of hydrogen-bond acceptors (Lipinski definition) is 6. The van der Waals surface area contributed by atoms with Crippen molar-refractivity contribution in [3.05, 3.63) is 65.4 Å². The van der Waals surface area contributed by atoms with Crippen molar-refractivity contribution >= 4 is 5.91 Å². The molecule has 0 bridgehead atoms. The molecule has 2 aromatic heterocycles. The average Bonchev–Trinajstić information content (AvgIpc) is 3.38. The van der Waals surface area contributed by atoms with Crippen LogP contribution in [0.15, 0.2) is 41.0 Å². The number of benzene rings is 1. The van der Waals surface area contributed by atoms with Crippen LogP contribution in [0, 0.1) is 5.82 Å². The molecule has 1 aliphatic heterocycles. The van der Waals surface area contributed by atoms with Gasteiger partial charge in [0.15, 0.2) is 5.76 Å². The van der Waals surface area contributed by atoms with Gasteiger partial charge < -0.3 is 19.0 Å². The van der Waals surface area contributed by atoms with Crippen LogP contribution in [-0.2, 0) is 25.9 Å². The van der Waals surface area contributed by atoms with E-state index in [9.17, 15) is 9.18 Å². The maximum absolute atomic E-state index is 14.2. The first-order valence-corrected chi connectivity index (χ1v) is 9.91. The number of furan rings is 1. The number of nitrogens with one attached hydrogen (secondary N) is 1. The van der Waals surface area contributed by atoms with Crippen molar-refractivity contribution in [3.8, 4) is 5.75 Å². The molecular weight excluding hydrogens is 389 g/mol. The van der Waals surface area contributed by atoms with Crippen LogP contribution in [-0.4, -0.2) is 52.3 Å². The average molecular weight is 413 g/mol. The first-order valence-electron chi connectivity index (χ1n) is 9.91. The van der Waals surface area contributed by atoms with Crippen LogP contribution in [0.5, 0.6) is 5.75 Å². The first-order chi connectivity index (χ1) is 14.6. The number of ether oxygens (including phenoxy) is 1. The van der Waals surface area contributed by atoms with E-state index in [1.807, 2.05) is 0 Å². The zero-order valence-corrected chi connectivity index (χ0v) is 16.8. The lowest BCUT2D eigenvalue weighted by molar-refractivity contribution is 0.0926. The standard InChI is InChI=1S/C21H24FN5O3/c1-29-16-4-5-17(22)15(13-16)14-26-9-7-20-25-24-19(27(20)11-10-26)6-8-23-21(28)18-3-2-12-30-18/h2-5,12-13H,6-11,14H2,1H3,(H,23,28). The molecule has 3 aromatic rings. The summed E-state index contributed by atoms with van der Waals surface area (Å²) in [6.07, 6.45) is 2.78. The van der Waals surface area contributed by atoms with Crippen LogP contribution < -0.4 is 10.1 Å². The predicted molar refractivity (Wildman–Crippen MR) is 107 cm³/mol. The second-order valence-electron chi connectivity index (χ2n) is 7.15. The van der Waals surface area contributed by atoms with Gasteiger partial charge in [-0.2, -0.15) is 0 Å². The normalized spacial score (nSPS) is 14.2. The van der Waals surface area contributed by atoms with Gasteiger partial charge in [-0.25, -0.2) is 4.39 Å². The fraction of sp³-hybridized carbons (Fsp3) is 0.381. The second kappa shape index (κ2) is 9.08. The minimum Gasteiger partial charge on any atom is -0.497 e. The van der Waals surface area contributed by atoms with Gasteiger partial charge >= 0.3 is 0 Å². The lowest BCUT2D eigenvalue weighted by atomic mass is 10.2. The summed E-state index contributed by atoms with van der Waals surface area (Å²) in [7, 11) is 1.58. The van der Waals surface area contributed by atoms with Gasteiger partial charge in [-0.05, 0) is 30.3 Å². The molecule has 0 saturated carbocycles. The summed E-state index contributed by atoms with van der Waals surface area (Å²) in [6, 6.07) is 8.11. The van der Waals surface area contributed by atoms with Crippen molar-refractivity contribution in [2.45, 2.75) is 25.9 Å². The van der Waals surface area contributed by atoms with Gasteiger partial charge in [-0.15, -0.1) is 10.2 Å². The van der Waals surface area contributed by atoms with Gasteiger partial charge in [0.1, 0.15) is 23.2 Å². The summed E-state index contributed by atoms with van der Waals surface area (Å²) >= 11 is 0. The Morgan fingerprint density at radius 3 is 2.97 bits per heavy atom. The van der Waals surface area contributed by atoms with Gasteiger partial charge in [0.05, 0.1) is 13.4 Å². The van der Waals surface area contributed by atoms with E-state index in [0.717, 1.165) is 37.7 Å². The largest absolute Gasteiger partial charge is 0.497 e. The van der Waals surface area contributed by atoms with E-state index in [1.165, 1.54) is 12.3 Å². The number of aromatic nitrogens is 3. The first kappa shape index (κ1) is 20.1. The Labute approximate surface area is 173 Å². The number of carbonyl (C=O) groups excluding carboxylic acids is 1. The smallest absolute Gasteiger partial charge is 0.286 e. The molecule has 1 aromatic carbocycles. The minimum atomic E-state index is -0.248. The summed E-state index contributed by atoms with van der Waals surface area (Å²) in [4.78, 5) is 14.2. The van der Waals surface area contributed by atoms with Gasteiger partial charge in [0, 0.05) is 51.1 Å². The molecular formula is C21H24FN5O3. The van der Waals surface area contributed by atoms with Crippen LogP contribution in [0.2, 0.25) is 0 Å². The van der Waals surface area contributed by atoms with Gasteiger partial charge in [0.25, 0.3) is 5.91 Å². The zero-order valence-electron chi connectivity index (χ0n) is 16.8. The molecule has 0 radical (unpaired) electrons. The van der Waals surface area contributed by atoms with Crippen molar-refractivity contribution < 1.29 is 18.3 Å². The molecule has 3 heterocycles. The molecule has 0 aliphatic carbocycles. The Morgan fingerprint density at radius 1 is 1.27 bits per heavy atom. The maximum atomic E-state index is 14.2. The maximum Gasteiger partial charge on any atom is 0.286 e. The fourth-order valence-corrected chi connectivity index (χ4v) is 3.59. The zero-order chi connectivity index (χ0) is 20.9. The van der Waals surface area contributed by atoms with E-state index in [4.69, 9.17) is 9.15 Å². The van der Waals surface area contributed by atoms with Crippen molar-refractivity contribution in [2.24, 2.45) is 0 Å². The molecule has 0 unspecified atom stereocenters. The van der Waals surface area contributed by atoms with E-state index in [-0.39, 0.29) is 17.5 Å². The third-order valence-electron chi connectivity index (χ3n) is 5.22. The third kappa shape index (κ3) is 4.51. The molecule has 1 amide bonds. The van der Waals surface area contributed by atoms with E-state index in [2.05, 4.69) is 25.0 Å². The highest BCUT2D eigenvalue weighted by Crippen LogP contribution is 2.19. The summed E-state index contributed by atoms with van der Waals surface area (Å²) in [5.41, 5.74) is 0.618. The number of halogens is 1. The van der Waals surface area contributed by atoms with Crippen molar-refractivity contribution in [1.82, 2.24) is 25.0 Å². The third-order valence-corrected chi connectivity index (χ3v) is 5.22. The molecule has 0 spiro atoms. The summed E-state index contributed by atoms with van der Waals surface area (Å²) < 4.78 is 26.6. The molecule has 0 fully saturated rings. The monoisotopic (exact) mass is 413 g/mol. The van der Waals surface area contributed by atoms with E-state index in [0.29, 0.717) is 30.8 Å². The van der Waals surface area contributed by atoms with Gasteiger partial charge in [-0.1, -0.05) is 0 Å². The number of amides is 1. The molecule has 8 nitrogen and oxygen atoms in total. The van der Waals surface area contributed by atoms with Crippen molar-refractivity contribution in [2.75, 3.05) is 26.7 Å². The van der Waals surface area contributed by atoms with Crippen LogP contribution in [0.25, 0.3) is 0 Å². The molecule has 158 valence electrons. The molecule has 1 aliphatic rings. The van der Waals surface area contributed by atoms with Crippen LogP contribution >= 0.6 is 0 Å². The van der Waals surface area contributed by atoms with Crippen LogP contribution in [0.1, 0.15) is 27.8 Å². The topological polar surface area (TPSA) is 85.4 Å². The molecule has 30 heavy (non-hydrogen) atoms. The predicted octanol–water partition coefficient (Wildman–Crippen LogP) is 2.05. The van der Waals surface area contributed by atoms with Gasteiger partial charge in [-0.3, -0.25) is 9.69 Å². The van der Waals surface area contributed by atoms with E-state index in [1.54, 1.807) is 31.4 Å². The van der Waals surface area contributed by atoms with Gasteiger partial charge in [0.2, 0.25) is 0 Å². The molecule has 4 rings (SSSR count). The Balaban J connectivity index is 1.34. The second-order valence-corrected chi connectivity index (χ2v) is 7.15. The van der Waals surface area contributed by atoms with Crippen molar-refractivity contribution in [3.63, 3.8) is 0 Å². The molecule has 0 atom stereocenters. The number of fused-ring (bicyclic) bond motifs is 1. The van der Waals surface area contributed by atoms with Crippen molar-refractivity contribution in [1.29, 1.82) is 0 Å². The highest BCUT2D eigenvalue weighted by molar-refractivity contribution is 5.91. The lowest BCUT2D eigenvalue weighted by Crippen LogP contribution is -2.28. The van der Waals surface area contributed by atoms with E-state index >= 15 is 0 Å². The Bertz CT molecular complexity index is 1000. The quantitative estimate of drug-likeness (QED) is 0.638. The number of methoxy groups -OCH3 is 1. The van der Waals surface area contributed by atoms with E-state index < -0.39 is 0 Å². The summed E-state index contributed by atoms with van der Waals surface area (Å²) in [5.74, 6) is 2.21. The highest BCUT2D eigenvalue weighted by atomic mass is 19.1. The minimum absolute atomic E-state index is 0.229. The molecule has 1 N–H and O–H groups in total. The lowest BCUT2D eigenvalue weighted by Gasteiger charge is -2.20. The SMILES string of the molecule is COc1ccc(F)c(CN2CCc3nnc(CCNC(=O)c4ccco4)n3CC2)c1. The molecule has 0 saturated heterocycles. The number of nitrogens with zero attached hydrogens (tertiary/aromatic N) is 4. The van der Waals surface area contributed by atoms with Crippen LogP contribution in [0.3, 0.4) is 0 Å².